The molecule has 4 N–H and O–H groups in total. The maximum atomic E-state index is 10.3. The summed E-state index contributed by atoms with van der Waals surface area (Å²) in [5.74, 6) is 2.05. The van der Waals surface area contributed by atoms with Crippen LogP contribution in [-0.4, -0.2) is 22.4 Å². The second kappa shape index (κ2) is 4.48. The molecule has 0 bridgehead atoms. The highest BCUT2D eigenvalue weighted by Gasteiger charge is 2.59. The van der Waals surface area contributed by atoms with Crippen molar-refractivity contribution in [1.29, 1.82) is 0 Å². The zero-order chi connectivity index (χ0) is 15.7. The minimum Gasteiger partial charge on any atom is -0.508 e. The highest BCUT2D eigenvalue weighted by molar-refractivity contribution is 5.43. The zero-order valence-electron chi connectivity index (χ0n) is 13.5. The van der Waals surface area contributed by atoms with E-state index in [0.29, 0.717) is 23.5 Å². The Hall–Kier alpha value is -1.06. The van der Waals surface area contributed by atoms with Crippen LogP contribution in [0.5, 0.6) is 0 Å². The SMILES string of the molecule is C[C@]12C=CC(O)=CC1=CC[C@@H]1[C@H]2CC[C@]2(C)C(N)C(O)C[C@@H]12. The van der Waals surface area contributed by atoms with Gasteiger partial charge < -0.3 is 15.9 Å². The van der Waals surface area contributed by atoms with Crippen molar-refractivity contribution < 1.29 is 10.2 Å². The van der Waals surface area contributed by atoms with Gasteiger partial charge in [0.15, 0.2) is 0 Å². The fourth-order valence-corrected chi connectivity index (χ4v) is 6.01. The van der Waals surface area contributed by atoms with Gasteiger partial charge in [-0.2, -0.15) is 0 Å². The number of nitrogens with two attached hydrogens (primary N) is 1. The molecule has 2 saturated carbocycles. The Morgan fingerprint density at radius 2 is 2.05 bits per heavy atom. The van der Waals surface area contributed by atoms with Crippen molar-refractivity contribution >= 4 is 0 Å². The van der Waals surface area contributed by atoms with E-state index >= 15 is 0 Å². The number of rotatable bonds is 0. The fraction of sp³-hybridized carbons (Fsp3) is 0.684. The quantitative estimate of drug-likeness (QED) is 0.644. The van der Waals surface area contributed by atoms with Gasteiger partial charge >= 0.3 is 0 Å². The Morgan fingerprint density at radius 3 is 2.82 bits per heavy atom. The molecule has 0 aliphatic heterocycles. The van der Waals surface area contributed by atoms with Crippen LogP contribution in [0.4, 0.5) is 0 Å². The molecule has 0 radical (unpaired) electrons. The van der Waals surface area contributed by atoms with Gasteiger partial charge in [-0.1, -0.05) is 26.0 Å². The molecule has 0 amide bonds. The molecule has 0 spiro atoms. The van der Waals surface area contributed by atoms with E-state index < -0.39 is 0 Å². The number of fused-ring (bicyclic) bond motifs is 5. The van der Waals surface area contributed by atoms with Crippen molar-refractivity contribution in [1.82, 2.24) is 0 Å². The molecule has 4 aliphatic rings. The molecule has 2 unspecified atom stereocenters. The van der Waals surface area contributed by atoms with E-state index in [1.165, 1.54) is 5.57 Å². The molecular formula is C19H27NO2. The summed E-state index contributed by atoms with van der Waals surface area (Å²) in [6, 6.07) is -0.0810. The van der Waals surface area contributed by atoms with Crippen molar-refractivity contribution in [2.45, 2.75) is 51.7 Å². The van der Waals surface area contributed by atoms with Crippen LogP contribution in [0.1, 0.15) is 39.5 Å². The lowest BCUT2D eigenvalue weighted by Gasteiger charge is -2.55. The normalized spacial score (nSPS) is 53.2. The summed E-state index contributed by atoms with van der Waals surface area (Å²) in [5.41, 5.74) is 7.72. The molecule has 0 heterocycles. The molecule has 4 aliphatic carbocycles. The first-order valence-electron chi connectivity index (χ1n) is 8.60. The Balaban J connectivity index is 1.73. The van der Waals surface area contributed by atoms with Gasteiger partial charge in [0, 0.05) is 11.5 Å². The molecule has 0 saturated heterocycles. The van der Waals surface area contributed by atoms with E-state index in [9.17, 15) is 10.2 Å². The van der Waals surface area contributed by atoms with Crippen molar-refractivity contribution in [2.75, 3.05) is 0 Å². The molecule has 2 fully saturated rings. The fourth-order valence-electron chi connectivity index (χ4n) is 6.01. The summed E-state index contributed by atoms with van der Waals surface area (Å²) in [4.78, 5) is 0. The summed E-state index contributed by atoms with van der Waals surface area (Å²) < 4.78 is 0. The van der Waals surface area contributed by atoms with E-state index in [1.54, 1.807) is 0 Å². The summed E-state index contributed by atoms with van der Waals surface area (Å²) in [6.45, 7) is 4.60. The van der Waals surface area contributed by atoms with Crippen molar-refractivity contribution in [3.63, 3.8) is 0 Å². The van der Waals surface area contributed by atoms with Crippen molar-refractivity contribution in [3.05, 3.63) is 35.6 Å². The minimum atomic E-state index is -0.349. The van der Waals surface area contributed by atoms with E-state index in [2.05, 4.69) is 26.0 Å². The Bertz CT molecular complexity index is 592. The largest absolute Gasteiger partial charge is 0.508 e. The summed E-state index contributed by atoms with van der Waals surface area (Å²) in [5, 5.41) is 20.1. The van der Waals surface area contributed by atoms with Gasteiger partial charge in [-0.15, -0.1) is 0 Å². The molecule has 120 valence electrons. The van der Waals surface area contributed by atoms with Gasteiger partial charge in [-0.3, -0.25) is 0 Å². The van der Waals surface area contributed by atoms with Crippen LogP contribution in [0.3, 0.4) is 0 Å². The third-order valence-corrected chi connectivity index (χ3v) is 7.45. The highest BCUT2D eigenvalue weighted by Crippen LogP contribution is 2.63. The van der Waals surface area contributed by atoms with Crippen LogP contribution in [0.2, 0.25) is 0 Å². The van der Waals surface area contributed by atoms with Gasteiger partial charge in [0.1, 0.15) is 5.76 Å². The van der Waals surface area contributed by atoms with Crippen LogP contribution in [0, 0.1) is 28.6 Å². The second-order valence-electron chi connectivity index (χ2n) is 8.33. The first kappa shape index (κ1) is 14.5. The lowest BCUT2D eigenvalue weighted by molar-refractivity contribution is -0.00688. The topological polar surface area (TPSA) is 66.5 Å². The molecule has 4 rings (SSSR count). The van der Waals surface area contributed by atoms with Crippen molar-refractivity contribution in [2.24, 2.45) is 34.3 Å². The van der Waals surface area contributed by atoms with Gasteiger partial charge in [0.05, 0.1) is 6.10 Å². The van der Waals surface area contributed by atoms with Gasteiger partial charge in [0.25, 0.3) is 0 Å². The minimum absolute atomic E-state index is 0.0219. The maximum Gasteiger partial charge on any atom is 0.115 e. The Morgan fingerprint density at radius 1 is 1.27 bits per heavy atom. The third kappa shape index (κ3) is 1.70. The molecule has 0 aromatic carbocycles. The predicted molar refractivity (Wildman–Crippen MR) is 87.1 cm³/mol. The lowest BCUT2D eigenvalue weighted by atomic mass is 9.49. The molecule has 3 nitrogen and oxygen atoms in total. The van der Waals surface area contributed by atoms with Gasteiger partial charge in [-0.05, 0) is 66.6 Å². The average Bonchev–Trinajstić information content (AvgIpc) is 2.72. The molecule has 0 aromatic heterocycles. The molecule has 7 atom stereocenters. The highest BCUT2D eigenvalue weighted by atomic mass is 16.3. The second-order valence-corrected chi connectivity index (χ2v) is 8.33. The standard InChI is InChI=1S/C19H27NO2/c1-18-7-5-12(21)9-11(18)3-4-13-14(18)6-8-19(2)15(13)10-16(22)17(19)20/h3,5,7,9,13-17,21-22H,4,6,8,10,20H2,1-2H3/t13-,14-,15+,16?,17?,18+,19+/m1/s1. The predicted octanol–water partition coefficient (Wildman–Crippen LogP) is 3.08. The van der Waals surface area contributed by atoms with Crippen LogP contribution >= 0.6 is 0 Å². The van der Waals surface area contributed by atoms with Crippen LogP contribution < -0.4 is 5.73 Å². The number of aliphatic hydroxyl groups is 2. The molecular weight excluding hydrogens is 274 g/mol. The van der Waals surface area contributed by atoms with E-state index in [4.69, 9.17) is 5.73 Å². The van der Waals surface area contributed by atoms with Crippen LogP contribution in [0.25, 0.3) is 0 Å². The molecule has 22 heavy (non-hydrogen) atoms. The number of aliphatic hydroxyl groups excluding tert-OH is 2. The first-order valence-corrected chi connectivity index (χ1v) is 8.60. The number of hydrogen-bond acceptors (Lipinski definition) is 3. The van der Waals surface area contributed by atoms with E-state index in [1.807, 2.05) is 12.2 Å². The first-order chi connectivity index (χ1) is 10.4. The number of hydrogen-bond donors (Lipinski definition) is 3. The molecule has 0 aromatic rings. The Kier molecular flexibility index (Phi) is 2.96. The van der Waals surface area contributed by atoms with Crippen molar-refractivity contribution in [3.8, 4) is 0 Å². The third-order valence-electron chi connectivity index (χ3n) is 7.45. The summed E-state index contributed by atoms with van der Waals surface area (Å²) in [7, 11) is 0. The Labute approximate surface area is 132 Å². The van der Waals surface area contributed by atoms with Crippen LogP contribution in [0.15, 0.2) is 35.6 Å². The number of allylic oxidation sites excluding steroid dienone is 5. The molecule has 3 heteroatoms. The van der Waals surface area contributed by atoms with Crippen LogP contribution in [-0.2, 0) is 0 Å². The van der Waals surface area contributed by atoms with E-state index in [-0.39, 0.29) is 23.0 Å². The average molecular weight is 301 g/mol. The summed E-state index contributed by atoms with van der Waals surface area (Å²) in [6.07, 6.45) is 12.1. The monoisotopic (exact) mass is 301 g/mol. The zero-order valence-corrected chi connectivity index (χ0v) is 13.5. The van der Waals surface area contributed by atoms with Gasteiger partial charge in [0.2, 0.25) is 0 Å². The smallest absolute Gasteiger partial charge is 0.115 e. The van der Waals surface area contributed by atoms with Gasteiger partial charge in [-0.25, -0.2) is 0 Å². The van der Waals surface area contributed by atoms with E-state index in [0.717, 1.165) is 25.7 Å². The lowest BCUT2D eigenvalue weighted by Crippen LogP contribution is -2.51. The summed E-state index contributed by atoms with van der Waals surface area (Å²) >= 11 is 0. The maximum absolute atomic E-state index is 10.3.